The Bertz CT molecular complexity index is 430. The third-order valence-corrected chi connectivity index (χ3v) is 5.38. The predicted octanol–water partition coefficient (Wildman–Crippen LogP) is 7.69. The van der Waals surface area contributed by atoms with Gasteiger partial charge in [0.25, 0.3) is 0 Å². The van der Waals surface area contributed by atoms with E-state index in [0.717, 1.165) is 12.8 Å². The molecule has 1 rings (SSSR count). The first kappa shape index (κ1) is 23.0. The number of phenols is 1. The van der Waals surface area contributed by atoms with Gasteiger partial charge in [0.1, 0.15) is 5.75 Å². The summed E-state index contributed by atoms with van der Waals surface area (Å²) in [7, 11) is 0. The molecular formula is C24H42O2. The van der Waals surface area contributed by atoms with Crippen molar-refractivity contribution in [3.8, 4) is 5.75 Å². The van der Waals surface area contributed by atoms with Crippen molar-refractivity contribution >= 4 is 0 Å². The summed E-state index contributed by atoms with van der Waals surface area (Å²) in [6, 6.07) is 7.11. The first-order chi connectivity index (χ1) is 12.8. The van der Waals surface area contributed by atoms with E-state index < -0.39 is 6.10 Å². The van der Waals surface area contributed by atoms with E-state index in [1.807, 2.05) is 12.1 Å². The van der Waals surface area contributed by atoms with Crippen LogP contribution in [0.4, 0.5) is 0 Å². The highest BCUT2D eigenvalue weighted by atomic mass is 16.3. The van der Waals surface area contributed by atoms with Crippen LogP contribution in [0.3, 0.4) is 0 Å². The number of aliphatic hydroxyl groups excluding tert-OH is 1. The van der Waals surface area contributed by atoms with Gasteiger partial charge in [-0.15, -0.1) is 0 Å². The van der Waals surface area contributed by atoms with Gasteiger partial charge in [0.05, 0.1) is 6.10 Å². The van der Waals surface area contributed by atoms with Gasteiger partial charge in [-0.3, -0.25) is 0 Å². The molecule has 1 atom stereocenters. The van der Waals surface area contributed by atoms with Crippen LogP contribution in [0, 0.1) is 0 Å². The second-order valence-corrected chi connectivity index (χ2v) is 7.81. The van der Waals surface area contributed by atoms with Crippen molar-refractivity contribution in [1.29, 1.82) is 0 Å². The minimum Gasteiger partial charge on any atom is -0.508 e. The Morgan fingerprint density at radius 1 is 0.654 bits per heavy atom. The summed E-state index contributed by atoms with van der Waals surface area (Å²) < 4.78 is 0. The number of unbranched alkanes of at least 4 members (excludes halogenated alkanes) is 14. The van der Waals surface area contributed by atoms with Crippen LogP contribution in [-0.4, -0.2) is 10.2 Å². The summed E-state index contributed by atoms with van der Waals surface area (Å²) in [6.45, 7) is 2.28. The van der Waals surface area contributed by atoms with Crippen molar-refractivity contribution in [3.05, 3.63) is 29.8 Å². The van der Waals surface area contributed by atoms with E-state index in [1.165, 1.54) is 89.9 Å². The molecule has 2 nitrogen and oxygen atoms in total. The molecule has 2 heteroatoms. The van der Waals surface area contributed by atoms with Crippen LogP contribution in [0.15, 0.2) is 24.3 Å². The van der Waals surface area contributed by atoms with Gasteiger partial charge in [-0.1, -0.05) is 121 Å². The Balaban J connectivity index is 1.83. The SMILES string of the molecule is CCCCCCCCCCCCCCCCCC(O)c1ccccc1O. The van der Waals surface area contributed by atoms with Crippen LogP contribution >= 0.6 is 0 Å². The summed E-state index contributed by atoms with van der Waals surface area (Å²) in [5.74, 6) is 0.209. The Labute approximate surface area is 162 Å². The molecule has 0 aliphatic heterocycles. The van der Waals surface area contributed by atoms with E-state index in [0.29, 0.717) is 5.56 Å². The highest BCUT2D eigenvalue weighted by molar-refractivity contribution is 5.33. The van der Waals surface area contributed by atoms with Gasteiger partial charge in [0.2, 0.25) is 0 Å². The highest BCUT2D eigenvalue weighted by Gasteiger charge is 2.10. The molecular weight excluding hydrogens is 320 g/mol. The van der Waals surface area contributed by atoms with Crippen LogP contribution in [0.1, 0.15) is 121 Å². The number of aromatic hydroxyl groups is 1. The standard InChI is InChI=1S/C24H42O2/c1-2-3-4-5-6-7-8-9-10-11-12-13-14-15-16-20-23(25)22-19-17-18-21-24(22)26/h17-19,21,23,25-26H,2-16,20H2,1H3. The topological polar surface area (TPSA) is 40.5 Å². The Hall–Kier alpha value is -1.02. The Morgan fingerprint density at radius 3 is 1.54 bits per heavy atom. The van der Waals surface area contributed by atoms with Crippen LogP contribution in [0.5, 0.6) is 5.75 Å². The normalized spacial score (nSPS) is 12.4. The summed E-state index contributed by atoms with van der Waals surface area (Å²) in [5, 5.41) is 19.9. The van der Waals surface area contributed by atoms with E-state index >= 15 is 0 Å². The van der Waals surface area contributed by atoms with Gasteiger partial charge < -0.3 is 10.2 Å². The van der Waals surface area contributed by atoms with E-state index in [4.69, 9.17) is 0 Å². The van der Waals surface area contributed by atoms with E-state index in [9.17, 15) is 10.2 Å². The maximum atomic E-state index is 10.1. The number of hydrogen-bond acceptors (Lipinski definition) is 2. The number of rotatable bonds is 17. The molecule has 0 aromatic heterocycles. The molecule has 1 aromatic rings. The lowest BCUT2D eigenvalue weighted by Crippen LogP contribution is -1.97. The molecule has 0 fully saturated rings. The minimum absolute atomic E-state index is 0.209. The average Bonchev–Trinajstić information content (AvgIpc) is 2.65. The zero-order valence-electron chi connectivity index (χ0n) is 17.1. The van der Waals surface area contributed by atoms with Crippen LogP contribution < -0.4 is 0 Å². The van der Waals surface area contributed by atoms with Gasteiger partial charge >= 0.3 is 0 Å². The maximum Gasteiger partial charge on any atom is 0.121 e. The van der Waals surface area contributed by atoms with E-state index in [-0.39, 0.29) is 5.75 Å². The number of aliphatic hydroxyl groups is 1. The van der Waals surface area contributed by atoms with Crippen LogP contribution in [-0.2, 0) is 0 Å². The number of phenolic OH excluding ortho intramolecular Hbond substituents is 1. The summed E-state index contributed by atoms with van der Waals surface area (Å²) >= 11 is 0. The number of benzene rings is 1. The molecule has 1 aromatic carbocycles. The van der Waals surface area contributed by atoms with Gasteiger partial charge in [-0.05, 0) is 12.5 Å². The monoisotopic (exact) mass is 362 g/mol. The van der Waals surface area contributed by atoms with Gasteiger partial charge in [0, 0.05) is 5.56 Å². The second kappa shape index (κ2) is 16.2. The van der Waals surface area contributed by atoms with Crippen molar-refractivity contribution in [1.82, 2.24) is 0 Å². The fourth-order valence-electron chi connectivity index (χ4n) is 3.63. The molecule has 0 saturated heterocycles. The van der Waals surface area contributed by atoms with Gasteiger partial charge in [0.15, 0.2) is 0 Å². The zero-order valence-corrected chi connectivity index (χ0v) is 17.1. The fraction of sp³-hybridized carbons (Fsp3) is 0.750. The molecule has 0 radical (unpaired) electrons. The van der Waals surface area contributed by atoms with Crippen LogP contribution in [0.2, 0.25) is 0 Å². The molecule has 0 saturated carbocycles. The van der Waals surface area contributed by atoms with Crippen molar-refractivity contribution in [2.24, 2.45) is 0 Å². The van der Waals surface area contributed by atoms with Crippen molar-refractivity contribution in [3.63, 3.8) is 0 Å². The third kappa shape index (κ3) is 11.6. The van der Waals surface area contributed by atoms with Gasteiger partial charge in [-0.2, -0.15) is 0 Å². The molecule has 2 N–H and O–H groups in total. The Kier molecular flexibility index (Phi) is 14.3. The second-order valence-electron chi connectivity index (χ2n) is 7.81. The number of para-hydroxylation sites is 1. The molecule has 0 aliphatic rings. The molecule has 150 valence electrons. The third-order valence-electron chi connectivity index (χ3n) is 5.38. The maximum absolute atomic E-state index is 10.1. The lowest BCUT2D eigenvalue weighted by Gasteiger charge is -2.12. The Morgan fingerprint density at radius 2 is 1.08 bits per heavy atom. The summed E-state index contributed by atoms with van der Waals surface area (Å²) in [4.78, 5) is 0. The van der Waals surface area contributed by atoms with E-state index in [2.05, 4.69) is 6.92 Å². The first-order valence-corrected chi connectivity index (χ1v) is 11.2. The fourth-order valence-corrected chi connectivity index (χ4v) is 3.63. The molecule has 0 amide bonds. The van der Waals surface area contributed by atoms with E-state index in [1.54, 1.807) is 12.1 Å². The highest BCUT2D eigenvalue weighted by Crippen LogP contribution is 2.27. The zero-order chi connectivity index (χ0) is 18.9. The molecule has 0 aliphatic carbocycles. The first-order valence-electron chi connectivity index (χ1n) is 11.2. The molecule has 0 spiro atoms. The molecule has 0 bridgehead atoms. The number of hydrogen-bond donors (Lipinski definition) is 2. The quantitative estimate of drug-likeness (QED) is 0.279. The predicted molar refractivity (Wildman–Crippen MR) is 113 cm³/mol. The molecule has 1 unspecified atom stereocenters. The summed E-state index contributed by atoms with van der Waals surface area (Å²) in [5.41, 5.74) is 0.665. The van der Waals surface area contributed by atoms with Gasteiger partial charge in [-0.25, -0.2) is 0 Å². The average molecular weight is 363 g/mol. The lowest BCUT2D eigenvalue weighted by molar-refractivity contribution is 0.159. The largest absolute Gasteiger partial charge is 0.508 e. The van der Waals surface area contributed by atoms with Crippen molar-refractivity contribution in [2.75, 3.05) is 0 Å². The molecule has 0 heterocycles. The summed E-state index contributed by atoms with van der Waals surface area (Å²) in [6.07, 6.45) is 20.5. The lowest BCUT2D eigenvalue weighted by atomic mass is 10.0. The smallest absolute Gasteiger partial charge is 0.121 e. The molecule has 26 heavy (non-hydrogen) atoms. The van der Waals surface area contributed by atoms with Crippen molar-refractivity contribution < 1.29 is 10.2 Å². The minimum atomic E-state index is -0.529. The van der Waals surface area contributed by atoms with Crippen LogP contribution in [0.25, 0.3) is 0 Å². The van der Waals surface area contributed by atoms with Crippen molar-refractivity contribution in [2.45, 2.75) is 116 Å².